The van der Waals surface area contributed by atoms with E-state index in [1.807, 2.05) is 196 Å². The Labute approximate surface area is 836 Å². The van der Waals surface area contributed by atoms with Crippen molar-refractivity contribution >= 4 is 93.3 Å². The molecule has 34 nitrogen and oxygen atoms in total. The fourth-order valence-electron chi connectivity index (χ4n) is 17.8. The number of hydrogen-bond donors (Lipinski definition) is 2. The Morgan fingerprint density at radius 2 is 0.716 bits per heavy atom. The molecule has 0 aromatic heterocycles. The van der Waals surface area contributed by atoms with Gasteiger partial charge in [-0.2, -0.15) is 20.4 Å². The summed E-state index contributed by atoms with van der Waals surface area (Å²) in [7, 11) is 15.9. The predicted molar refractivity (Wildman–Crippen MR) is 558 cm³/mol. The number of carbonyl (C=O) groups excluding carboxylic acids is 6. The van der Waals surface area contributed by atoms with Gasteiger partial charge in [0.25, 0.3) is 5.97 Å². The van der Waals surface area contributed by atoms with Crippen molar-refractivity contribution in [2.24, 2.45) is 59.7 Å². The summed E-state index contributed by atoms with van der Waals surface area (Å²) in [6.45, 7) is 15.9. The zero-order valence-corrected chi connectivity index (χ0v) is 83.6. The maximum absolute atomic E-state index is 12.5. The zero-order valence-electron chi connectivity index (χ0n) is 80.5. The molecule has 36 heteroatoms. The van der Waals surface area contributed by atoms with E-state index in [4.69, 9.17) is 91.1 Å². The molecule has 3 N–H and O–H groups in total. The van der Waals surface area contributed by atoms with E-state index in [1.54, 1.807) is 105 Å². The van der Waals surface area contributed by atoms with E-state index in [0.29, 0.717) is 12.2 Å². The number of ether oxygens (including phenoxy) is 8. The van der Waals surface area contributed by atoms with Crippen molar-refractivity contribution in [3.05, 3.63) is 291 Å². The number of hydrazone groups is 4. The number of halogens is 1. The minimum atomic E-state index is -2.59. The molecule has 0 radical (unpaired) electrons. The van der Waals surface area contributed by atoms with E-state index in [2.05, 4.69) is 50.8 Å². The number of nitrogens with two attached hydrogens (primary N) is 1. The van der Waals surface area contributed by atoms with Gasteiger partial charge >= 0.3 is 96.1 Å². The van der Waals surface area contributed by atoms with Crippen LogP contribution in [-0.2, 0) is 46.1 Å². The fourth-order valence-corrected chi connectivity index (χ4v) is 20.8. The number of nitrogens with zero attached hydrogens (tertiary/aromatic N) is 15. The van der Waals surface area contributed by atoms with Crippen LogP contribution in [0.5, 0.6) is 46.0 Å². The van der Waals surface area contributed by atoms with Gasteiger partial charge in [-0.25, -0.2) is 20.0 Å². The average Bonchev–Trinajstić information content (AvgIpc) is 1.58. The Kier molecular flexibility index (Phi) is 41.7. The molecule has 0 spiro atoms. The largest absolute Gasteiger partial charge is 0.497 e. The van der Waals surface area contributed by atoms with Crippen molar-refractivity contribution in [1.29, 1.82) is 0 Å². The minimum absolute atomic E-state index is 0. The van der Waals surface area contributed by atoms with Crippen molar-refractivity contribution in [2.45, 2.75) is 172 Å². The number of hydrogen-bond acceptors (Lipinski definition) is 25. The molecule has 9 aromatic carbocycles. The summed E-state index contributed by atoms with van der Waals surface area (Å²) in [6, 6.07) is 63.3. The average molecular weight is 2060 g/mol. The minimum Gasteiger partial charge on any atom is -0.497 e. The van der Waals surface area contributed by atoms with Crippen LogP contribution in [-0.4, -0.2) is 174 Å². The molecule has 4 amide bonds. The van der Waals surface area contributed by atoms with Crippen LogP contribution in [0.15, 0.2) is 230 Å². The smallest absolute Gasteiger partial charge is 0.240 e. The summed E-state index contributed by atoms with van der Waals surface area (Å²) in [5.74, 6) is 4.41. The molecule has 0 saturated heterocycles. The SMILES string of the molecule is C.C.C.C.CC(=O)O.CC(=O)OI(OC(C)=O)c1ccccc1.COc1ccc([C@@H]2[C@@H]3CCc4ccc(OC)cc4C3=NN2C(C)=O)cc1.COc1ccc([C@@H]2[C@@H]3C[C@@H](N(C)C)c4ccc(OC)cc4C3=NN2C(C)=O)cc1.COc1ccc([C@@H]2[C@@H]3C[C@@H](N)c4ccc(OC)cc4C3=NN2C(C)=O)cc1.COc1ccc([C@@H]2[C@@H]3C[C@@H](N=[N+]=[N-])c4ccc(OC)cc4C3=NN2C(C)=O)cc1.C[Si](C)(C)N=[N+]=[N-]. The van der Waals surface area contributed by atoms with Crippen LogP contribution < -0.4 is 43.6 Å². The molecular formula is C105H133IN16O18Si. The van der Waals surface area contributed by atoms with Gasteiger partial charge in [0.05, 0.1) is 110 Å². The first kappa shape index (κ1) is 114. The van der Waals surface area contributed by atoms with E-state index < -0.39 is 46.8 Å². The first-order valence-electron chi connectivity index (χ1n) is 44.2. The molecule has 0 bridgehead atoms. The van der Waals surface area contributed by atoms with Crippen LogP contribution in [0.25, 0.3) is 20.9 Å². The van der Waals surface area contributed by atoms with E-state index in [1.165, 1.54) is 36.9 Å². The van der Waals surface area contributed by atoms with Gasteiger partial charge in [-0.05, 0) is 204 Å². The third kappa shape index (κ3) is 27.3. The van der Waals surface area contributed by atoms with Gasteiger partial charge in [-0.15, -0.1) is 4.78 Å². The second kappa shape index (κ2) is 51.7. The summed E-state index contributed by atoms with van der Waals surface area (Å²) in [6.07, 6.45) is 4.15. The van der Waals surface area contributed by atoms with Gasteiger partial charge in [0.1, 0.15) is 54.2 Å². The Morgan fingerprint density at radius 1 is 0.411 bits per heavy atom. The quantitative estimate of drug-likeness (QED) is 0.0265. The van der Waals surface area contributed by atoms with Gasteiger partial charge in [0.2, 0.25) is 23.6 Å². The van der Waals surface area contributed by atoms with E-state index >= 15 is 0 Å². The number of carboxylic acid groups (broad SMARTS) is 1. The van der Waals surface area contributed by atoms with Crippen molar-refractivity contribution < 1.29 is 82.7 Å². The molecule has 0 fully saturated rings. The molecule has 4 heterocycles. The molecule has 11 atom stereocenters. The standard InChI is InChI=1S/C23H27N3O3.C21H21N5O3.C21H23N3O3.C21H22N2O3.C10H11IO4.C3H9N3Si.C2H4O2.4CH4/c1-14(27)26-23(15-6-8-16(28-4)9-7-15)20-13-21(25(2)3)18-11-10-17(29-5)12-19(18)22(20)24-26;1-12(27)26-21(13-4-6-14(28-2)7-5-13)18-11-19(23-25-22)16-9-8-15(29-3)10-17(16)20(18)24-26;1-12(25)24-21(13-4-6-14(26-2)7-5-13)18-11-19(22)16-9-8-15(27-3)10-17(16)20(18)23-24;1-13(24)23-21(15-5-8-16(25-2)9-6-15)18-11-7-14-4-10-17(26-3)12-19(14)20(18)22-23;1-8(12)14-11(15-9(2)13)10-6-4-3-5-7-10;1-7(2,3)6-5-4;1-2(3)4;;;;/h6-12,20-21,23H,13H2,1-5H3;4-10,18-19,21H,11H2,1-3H3;4-10,18-19,21H,11,22H2,1-3H3;4-6,8-10,12,18,21H,7,11H2,1-3H3;3-7H,1-2H3;1-3H3;1H3,(H,3,4);4*1H4/t20-,21-,23-;2*18-,19-,21-;18-,21-;;;;;;;/m1111......./s1. The number of amides is 4. The molecule has 17 rings (SSSR count). The fraction of sp³-hybridized carbons (Fsp3) is 0.381. The number of rotatable bonds is 18. The Hall–Kier alpha value is -14.2. The maximum Gasteiger partial charge on any atom is 0.240 e. The molecule has 4 aliphatic carbocycles. The first-order valence-corrected chi connectivity index (χ1v) is 50.5. The molecule has 752 valence electrons. The molecular weight excluding hydrogens is 1930 g/mol. The number of fused-ring (bicyclic) bond motifs is 12. The molecule has 0 saturated carbocycles. The van der Waals surface area contributed by atoms with Crippen molar-refractivity contribution in [3.8, 4) is 46.0 Å². The number of azide groups is 2. The topological polar surface area (TPSA) is 421 Å². The number of aliphatic carboxylic acids is 1. The van der Waals surface area contributed by atoms with Crippen LogP contribution in [0.2, 0.25) is 19.6 Å². The molecule has 0 unspecified atom stereocenters. The normalized spacial score (nSPS) is 19.3. The Morgan fingerprint density at radius 3 is 1.04 bits per heavy atom. The predicted octanol–water partition coefficient (Wildman–Crippen LogP) is 21.7. The van der Waals surface area contributed by atoms with E-state index in [-0.39, 0.29) is 119 Å². The number of aryl methyl sites for hydroxylation is 1. The summed E-state index contributed by atoms with van der Waals surface area (Å²) < 4.78 is 57.1. The number of carbonyl (C=O) groups is 7. The maximum atomic E-state index is 12.5. The molecule has 4 aliphatic heterocycles. The summed E-state index contributed by atoms with van der Waals surface area (Å²) in [5, 5.41) is 36.8. The van der Waals surface area contributed by atoms with Gasteiger partial charge in [-0.3, -0.25) is 24.0 Å². The molecule has 9 aromatic rings. The van der Waals surface area contributed by atoms with Gasteiger partial charge in [0.15, 0.2) is 0 Å². The summed E-state index contributed by atoms with van der Waals surface area (Å²) in [5.41, 5.74) is 39.7. The summed E-state index contributed by atoms with van der Waals surface area (Å²) in [4.78, 5) is 88.2. The zero-order chi connectivity index (χ0) is 99.4. The van der Waals surface area contributed by atoms with Gasteiger partial charge in [0, 0.05) is 97.5 Å². The van der Waals surface area contributed by atoms with Crippen LogP contribution in [0.4, 0.5) is 0 Å². The third-order valence-corrected chi connectivity index (χ3v) is 28.4. The molecule has 8 aliphatic rings. The Bertz CT molecular complexity index is 6070. The van der Waals surface area contributed by atoms with Crippen molar-refractivity contribution in [1.82, 2.24) is 24.9 Å². The second-order valence-electron chi connectivity index (χ2n) is 34.2. The molecule has 141 heavy (non-hydrogen) atoms. The third-order valence-electron chi connectivity index (χ3n) is 23.9. The number of carboxylic acids is 1. The van der Waals surface area contributed by atoms with Crippen LogP contribution >= 0.6 is 20.6 Å². The van der Waals surface area contributed by atoms with Crippen LogP contribution in [0.1, 0.15) is 213 Å². The van der Waals surface area contributed by atoms with Crippen molar-refractivity contribution in [3.63, 3.8) is 0 Å². The van der Waals surface area contributed by atoms with Crippen LogP contribution in [0.3, 0.4) is 0 Å². The van der Waals surface area contributed by atoms with Crippen molar-refractivity contribution in [2.75, 3.05) is 71.0 Å². The Balaban J connectivity index is 0.000000234. The number of methoxy groups -OCH3 is 8. The van der Waals surface area contributed by atoms with Gasteiger partial charge in [-0.1, -0.05) is 127 Å². The van der Waals surface area contributed by atoms with E-state index in [0.717, 1.165) is 155 Å². The number of benzene rings is 9. The monoisotopic (exact) mass is 2060 g/mol. The summed E-state index contributed by atoms with van der Waals surface area (Å²) >= 11 is -2.59. The first-order chi connectivity index (χ1) is 65.5. The van der Waals surface area contributed by atoms with Crippen LogP contribution in [0, 0.1) is 27.2 Å². The van der Waals surface area contributed by atoms with Gasteiger partial charge < -0.3 is 53.6 Å². The second-order valence-corrected chi connectivity index (χ2v) is 42.1. The van der Waals surface area contributed by atoms with E-state index in [9.17, 15) is 28.8 Å².